The number of hydrogen-bond donors (Lipinski definition) is 2. The van der Waals surface area contributed by atoms with Gasteiger partial charge in [0.05, 0.1) is 5.52 Å². The van der Waals surface area contributed by atoms with E-state index >= 15 is 0 Å². The van der Waals surface area contributed by atoms with Gasteiger partial charge in [0.2, 0.25) is 5.91 Å². The molecular formula is C12H11ClN2O2. The summed E-state index contributed by atoms with van der Waals surface area (Å²) >= 11 is 5.37. The molecule has 17 heavy (non-hydrogen) atoms. The van der Waals surface area contributed by atoms with Crippen LogP contribution in [0.2, 0.25) is 0 Å². The Balaban J connectivity index is 2.56. The van der Waals surface area contributed by atoms with Crippen molar-refractivity contribution in [1.29, 1.82) is 0 Å². The number of hydrogen-bond acceptors (Lipinski definition) is 2. The van der Waals surface area contributed by atoms with Gasteiger partial charge in [-0.05, 0) is 18.6 Å². The Kier molecular flexibility index (Phi) is 3.15. The summed E-state index contributed by atoms with van der Waals surface area (Å²) in [6.07, 6.45) is 0. The molecule has 1 aromatic carbocycles. The van der Waals surface area contributed by atoms with E-state index in [9.17, 15) is 9.59 Å². The molecule has 5 heteroatoms. The Morgan fingerprint density at radius 2 is 2.24 bits per heavy atom. The van der Waals surface area contributed by atoms with Crippen LogP contribution >= 0.6 is 11.6 Å². The van der Waals surface area contributed by atoms with Crippen LogP contribution in [-0.2, 0) is 4.79 Å². The highest BCUT2D eigenvalue weighted by molar-refractivity contribution is 6.29. The molecule has 4 nitrogen and oxygen atoms in total. The Labute approximate surface area is 103 Å². The van der Waals surface area contributed by atoms with Crippen LogP contribution in [0.1, 0.15) is 5.56 Å². The Morgan fingerprint density at radius 3 is 2.94 bits per heavy atom. The zero-order valence-corrected chi connectivity index (χ0v) is 9.97. The zero-order valence-electron chi connectivity index (χ0n) is 9.21. The molecule has 0 unspecified atom stereocenters. The van der Waals surface area contributed by atoms with E-state index in [1.165, 1.54) is 0 Å². The van der Waals surface area contributed by atoms with Gasteiger partial charge >= 0.3 is 0 Å². The molecule has 2 rings (SSSR count). The number of alkyl halides is 1. The second-order valence-corrected chi connectivity index (χ2v) is 4.00. The third-order valence-electron chi connectivity index (χ3n) is 2.48. The number of halogens is 1. The molecule has 1 heterocycles. The van der Waals surface area contributed by atoms with E-state index in [1.54, 1.807) is 6.07 Å². The van der Waals surface area contributed by atoms with Crippen LogP contribution in [0.25, 0.3) is 10.9 Å². The number of carbonyl (C=O) groups is 1. The predicted octanol–water partition coefficient (Wildman–Crippen LogP) is 2.01. The summed E-state index contributed by atoms with van der Waals surface area (Å²) in [6, 6.07) is 7.32. The van der Waals surface area contributed by atoms with Gasteiger partial charge in [-0.1, -0.05) is 18.2 Å². The molecule has 0 spiro atoms. The maximum Gasteiger partial charge on any atom is 0.272 e. The number of amides is 1. The minimum absolute atomic E-state index is 0.175. The van der Waals surface area contributed by atoms with E-state index in [-0.39, 0.29) is 17.1 Å². The lowest BCUT2D eigenvalue weighted by Crippen LogP contribution is -2.20. The minimum Gasteiger partial charge on any atom is -0.320 e. The fourth-order valence-electron chi connectivity index (χ4n) is 1.66. The summed E-state index contributed by atoms with van der Waals surface area (Å²) < 4.78 is 0. The van der Waals surface area contributed by atoms with Gasteiger partial charge < -0.3 is 10.3 Å². The van der Waals surface area contributed by atoms with Gasteiger partial charge in [0.1, 0.15) is 11.6 Å². The van der Waals surface area contributed by atoms with E-state index in [0.29, 0.717) is 0 Å². The van der Waals surface area contributed by atoms with Gasteiger partial charge in [-0.2, -0.15) is 0 Å². The van der Waals surface area contributed by atoms with Crippen LogP contribution in [0.15, 0.2) is 29.1 Å². The SMILES string of the molecule is Cc1cccc2cc(NC(=O)CCl)c(=O)[nH]c12. The topological polar surface area (TPSA) is 62.0 Å². The average Bonchev–Trinajstić information content (AvgIpc) is 2.31. The Bertz CT molecular complexity index is 634. The lowest BCUT2D eigenvalue weighted by atomic mass is 10.1. The van der Waals surface area contributed by atoms with Crippen molar-refractivity contribution in [1.82, 2.24) is 4.98 Å². The van der Waals surface area contributed by atoms with Crippen LogP contribution in [0.3, 0.4) is 0 Å². The lowest BCUT2D eigenvalue weighted by molar-refractivity contribution is -0.113. The quantitative estimate of drug-likeness (QED) is 0.801. The number of carbonyl (C=O) groups excluding carboxylic acids is 1. The molecule has 1 aromatic heterocycles. The molecular weight excluding hydrogens is 240 g/mol. The summed E-state index contributed by atoms with van der Waals surface area (Å²) in [6.45, 7) is 1.91. The number of aromatic amines is 1. The molecule has 1 amide bonds. The highest BCUT2D eigenvalue weighted by atomic mass is 35.5. The van der Waals surface area contributed by atoms with Gasteiger partial charge in [-0.25, -0.2) is 0 Å². The first-order chi connectivity index (χ1) is 8.11. The number of fused-ring (bicyclic) bond motifs is 1. The predicted molar refractivity (Wildman–Crippen MR) is 68.7 cm³/mol. The van der Waals surface area contributed by atoms with Crippen molar-refractivity contribution in [2.24, 2.45) is 0 Å². The van der Waals surface area contributed by atoms with Crippen molar-refractivity contribution in [3.63, 3.8) is 0 Å². The number of nitrogens with one attached hydrogen (secondary N) is 2. The van der Waals surface area contributed by atoms with Crippen LogP contribution in [-0.4, -0.2) is 16.8 Å². The summed E-state index contributed by atoms with van der Waals surface area (Å²) in [7, 11) is 0. The van der Waals surface area contributed by atoms with Gasteiger partial charge in [0.25, 0.3) is 5.56 Å². The maximum atomic E-state index is 11.7. The highest BCUT2D eigenvalue weighted by Crippen LogP contribution is 2.16. The maximum absolute atomic E-state index is 11.7. The molecule has 0 radical (unpaired) electrons. The molecule has 0 aliphatic carbocycles. The van der Waals surface area contributed by atoms with E-state index in [4.69, 9.17) is 11.6 Å². The highest BCUT2D eigenvalue weighted by Gasteiger charge is 2.06. The van der Waals surface area contributed by atoms with Crippen molar-refractivity contribution >= 4 is 34.1 Å². The normalized spacial score (nSPS) is 10.5. The molecule has 0 atom stereocenters. The first-order valence-corrected chi connectivity index (χ1v) is 5.63. The third kappa shape index (κ3) is 2.31. The number of rotatable bonds is 2. The molecule has 0 saturated carbocycles. The molecule has 2 N–H and O–H groups in total. The molecule has 88 valence electrons. The van der Waals surface area contributed by atoms with E-state index in [1.807, 2.05) is 25.1 Å². The number of para-hydroxylation sites is 1. The third-order valence-corrected chi connectivity index (χ3v) is 2.73. The summed E-state index contributed by atoms with van der Waals surface area (Å²) in [5, 5.41) is 3.33. The summed E-state index contributed by atoms with van der Waals surface area (Å²) in [5.41, 5.74) is 1.65. The smallest absolute Gasteiger partial charge is 0.272 e. The summed E-state index contributed by atoms with van der Waals surface area (Å²) in [5.74, 6) is -0.574. The second-order valence-electron chi connectivity index (χ2n) is 3.73. The monoisotopic (exact) mass is 250 g/mol. The van der Waals surface area contributed by atoms with Gasteiger partial charge in [0, 0.05) is 5.39 Å². The fraction of sp³-hybridized carbons (Fsp3) is 0.167. The number of benzene rings is 1. The van der Waals surface area contributed by atoms with Crippen molar-refractivity contribution in [3.8, 4) is 0 Å². The van der Waals surface area contributed by atoms with E-state index in [2.05, 4.69) is 10.3 Å². The van der Waals surface area contributed by atoms with Crippen molar-refractivity contribution in [2.45, 2.75) is 6.92 Å². The zero-order chi connectivity index (χ0) is 12.4. The summed E-state index contributed by atoms with van der Waals surface area (Å²) in [4.78, 5) is 25.6. The van der Waals surface area contributed by atoms with Gasteiger partial charge in [0.15, 0.2) is 0 Å². The van der Waals surface area contributed by atoms with E-state index < -0.39 is 5.91 Å². The molecule has 0 saturated heterocycles. The first kappa shape index (κ1) is 11.7. The van der Waals surface area contributed by atoms with E-state index in [0.717, 1.165) is 16.5 Å². The molecule has 0 aliphatic rings. The van der Waals surface area contributed by atoms with Crippen LogP contribution in [0.4, 0.5) is 5.69 Å². The van der Waals surface area contributed by atoms with Gasteiger partial charge in [-0.3, -0.25) is 9.59 Å². The van der Waals surface area contributed by atoms with Crippen LogP contribution in [0, 0.1) is 6.92 Å². The largest absolute Gasteiger partial charge is 0.320 e. The Morgan fingerprint density at radius 1 is 1.47 bits per heavy atom. The fourth-order valence-corrected chi connectivity index (χ4v) is 1.73. The van der Waals surface area contributed by atoms with Crippen molar-refractivity contribution < 1.29 is 4.79 Å². The van der Waals surface area contributed by atoms with Crippen LogP contribution in [0.5, 0.6) is 0 Å². The van der Waals surface area contributed by atoms with Crippen LogP contribution < -0.4 is 10.9 Å². The first-order valence-electron chi connectivity index (χ1n) is 5.10. The molecule has 2 aromatic rings. The lowest BCUT2D eigenvalue weighted by Gasteiger charge is -2.05. The number of anilines is 1. The second kappa shape index (κ2) is 4.59. The average molecular weight is 251 g/mol. The number of aromatic nitrogens is 1. The standard InChI is InChI=1S/C12H11ClN2O2/c1-7-3-2-4-8-5-9(14-10(16)6-13)12(17)15-11(7)8/h2-5H,6H2,1H3,(H,14,16)(H,15,17). The molecule has 0 fully saturated rings. The number of pyridine rings is 1. The van der Waals surface area contributed by atoms with Gasteiger partial charge in [-0.15, -0.1) is 11.6 Å². The molecule has 0 aliphatic heterocycles. The van der Waals surface area contributed by atoms with Crippen molar-refractivity contribution in [3.05, 3.63) is 40.2 Å². The minimum atomic E-state index is -0.399. The number of aryl methyl sites for hydroxylation is 1. The van der Waals surface area contributed by atoms with Crippen molar-refractivity contribution in [2.75, 3.05) is 11.2 Å². The molecule has 0 bridgehead atoms. The Hall–Kier alpha value is -1.81. The number of H-pyrrole nitrogens is 1.